The van der Waals surface area contributed by atoms with Gasteiger partial charge in [0.25, 0.3) is 0 Å². The SMILES string of the molecule is [CH2]CC(=O)c1nccs1. The molecule has 0 aromatic carbocycles. The molecule has 1 heterocycles. The minimum Gasteiger partial charge on any atom is -0.292 e. The van der Waals surface area contributed by atoms with E-state index in [1.165, 1.54) is 11.3 Å². The van der Waals surface area contributed by atoms with Gasteiger partial charge in [0.05, 0.1) is 0 Å². The van der Waals surface area contributed by atoms with Crippen molar-refractivity contribution in [3.8, 4) is 0 Å². The second-order valence-electron chi connectivity index (χ2n) is 1.51. The highest BCUT2D eigenvalue weighted by molar-refractivity contribution is 7.11. The van der Waals surface area contributed by atoms with Gasteiger partial charge in [-0.05, 0) is 6.92 Å². The molecule has 1 aromatic rings. The van der Waals surface area contributed by atoms with Crippen LogP contribution in [-0.2, 0) is 0 Å². The number of hydrogen-bond acceptors (Lipinski definition) is 3. The molecule has 0 unspecified atom stereocenters. The number of Topliss-reactive ketones (excluding diaryl/α,β-unsaturated/α-hetero) is 1. The van der Waals surface area contributed by atoms with Crippen molar-refractivity contribution in [3.63, 3.8) is 0 Å². The van der Waals surface area contributed by atoms with Crippen molar-refractivity contribution in [1.82, 2.24) is 4.98 Å². The van der Waals surface area contributed by atoms with Gasteiger partial charge in [-0.2, -0.15) is 0 Å². The molecule has 0 bridgehead atoms. The van der Waals surface area contributed by atoms with Crippen LogP contribution in [0.1, 0.15) is 16.2 Å². The molecular formula is C6H6NOS. The Morgan fingerprint density at radius 1 is 1.89 bits per heavy atom. The first-order valence-corrected chi connectivity index (χ1v) is 3.44. The Balaban J connectivity index is 2.77. The predicted molar refractivity (Wildman–Crippen MR) is 36.4 cm³/mol. The van der Waals surface area contributed by atoms with Gasteiger partial charge in [0, 0.05) is 18.0 Å². The van der Waals surface area contributed by atoms with Crippen molar-refractivity contribution < 1.29 is 4.79 Å². The summed E-state index contributed by atoms with van der Waals surface area (Å²) in [6.07, 6.45) is 1.92. The molecular weight excluding hydrogens is 134 g/mol. The number of hydrogen-bond donors (Lipinski definition) is 0. The minimum atomic E-state index is 0.0185. The molecule has 1 radical (unpaired) electrons. The summed E-state index contributed by atoms with van der Waals surface area (Å²) in [5, 5.41) is 2.34. The number of thiazole rings is 1. The molecule has 1 rings (SSSR count). The van der Waals surface area contributed by atoms with E-state index in [1.54, 1.807) is 11.6 Å². The molecule has 2 nitrogen and oxygen atoms in total. The molecule has 0 fully saturated rings. The van der Waals surface area contributed by atoms with E-state index in [4.69, 9.17) is 0 Å². The first-order valence-electron chi connectivity index (χ1n) is 2.56. The van der Waals surface area contributed by atoms with Crippen molar-refractivity contribution in [2.75, 3.05) is 0 Å². The summed E-state index contributed by atoms with van der Waals surface area (Å²) in [7, 11) is 0. The van der Waals surface area contributed by atoms with Crippen LogP contribution in [-0.4, -0.2) is 10.8 Å². The molecule has 9 heavy (non-hydrogen) atoms. The minimum absolute atomic E-state index is 0.0185. The van der Waals surface area contributed by atoms with Gasteiger partial charge in [-0.1, -0.05) is 0 Å². The van der Waals surface area contributed by atoms with E-state index < -0.39 is 0 Å². The van der Waals surface area contributed by atoms with E-state index in [-0.39, 0.29) is 5.78 Å². The van der Waals surface area contributed by atoms with Crippen molar-refractivity contribution in [2.24, 2.45) is 0 Å². The first kappa shape index (κ1) is 6.42. The number of carbonyl (C=O) groups is 1. The van der Waals surface area contributed by atoms with Crippen LogP contribution in [0.5, 0.6) is 0 Å². The standard InChI is InChI=1S/C6H6NOS/c1-2-5(8)6-7-3-4-9-6/h3-4H,1-2H2. The third kappa shape index (κ3) is 1.36. The fraction of sp³-hybridized carbons (Fsp3) is 0.167. The monoisotopic (exact) mass is 140 g/mol. The summed E-state index contributed by atoms with van der Waals surface area (Å²) in [6, 6.07) is 0. The van der Waals surface area contributed by atoms with E-state index in [2.05, 4.69) is 11.9 Å². The average Bonchev–Trinajstić information content (AvgIpc) is 2.37. The first-order chi connectivity index (χ1) is 4.34. The summed E-state index contributed by atoms with van der Waals surface area (Å²) >= 11 is 1.35. The van der Waals surface area contributed by atoms with Gasteiger partial charge in [0.2, 0.25) is 0 Å². The molecule has 0 amide bonds. The van der Waals surface area contributed by atoms with Crippen LogP contribution >= 0.6 is 11.3 Å². The van der Waals surface area contributed by atoms with Gasteiger partial charge >= 0.3 is 0 Å². The maximum Gasteiger partial charge on any atom is 0.191 e. The van der Waals surface area contributed by atoms with Gasteiger partial charge in [0.1, 0.15) is 0 Å². The Morgan fingerprint density at radius 2 is 2.67 bits per heavy atom. The molecule has 0 aliphatic heterocycles. The van der Waals surface area contributed by atoms with Crippen molar-refractivity contribution in [1.29, 1.82) is 0 Å². The van der Waals surface area contributed by atoms with Gasteiger partial charge in [-0.3, -0.25) is 4.79 Å². The van der Waals surface area contributed by atoms with Crippen LogP contribution in [0.15, 0.2) is 11.6 Å². The number of carbonyl (C=O) groups excluding carboxylic acids is 1. The van der Waals surface area contributed by atoms with Crippen LogP contribution in [0.2, 0.25) is 0 Å². The zero-order chi connectivity index (χ0) is 6.69. The number of ketones is 1. The quantitative estimate of drug-likeness (QED) is 0.583. The lowest BCUT2D eigenvalue weighted by Crippen LogP contribution is -1.93. The van der Waals surface area contributed by atoms with E-state index in [0.29, 0.717) is 11.4 Å². The second kappa shape index (κ2) is 2.73. The topological polar surface area (TPSA) is 30.0 Å². The Kier molecular flexibility index (Phi) is 1.95. The predicted octanol–water partition coefficient (Wildman–Crippen LogP) is 1.55. The van der Waals surface area contributed by atoms with Crippen LogP contribution < -0.4 is 0 Å². The number of aromatic nitrogens is 1. The van der Waals surface area contributed by atoms with Crippen LogP contribution in [0.3, 0.4) is 0 Å². The van der Waals surface area contributed by atoms with Crippen molar-refractivity contribution in [2.45, 2.75) is 6.42 Å². The smallest absolute Gasteiger partial charge is 0.191 e. The van der Waals surface area contributed by atoms with E-state index in [9.17, 15) is 4.79 Å². The molecule has 0 N–H and O–H groups in total. The van der Waals surface area contributed by atoms with Crippen LogP contribution in [0.4, 0.5) is 0 Å². The largest absolute Gasteiger partial charge is 0.292 e. The van der Waals surface area contributed by atoms with E-state index in [0.717, 1.165) is 0 Å². The van der Waals surface area contributed by atoms with Crippen molar-refractivity contribution in [3.05, 3.63) is 23.5 Å². The molecule has 3 heteroatoms. The lowest BCUT2D eigenvalue weighted by Gasteiger charge is -1.84. The highest BCUT2D eigenvalue weighted by atomic mass is 32.1. The molecule has 0 spiro atoms. The zero-order valence-corrected chi connectivity index (χ0v) is 5.65. The summed E-state index contributed by atoms with van der Waals surface area (Å²) in [6.45, 7) is 3.46. The Bertz CT molecular complexity index is 193. The van der Waals surface area contributed by atoms with Crippen molar-refractivity contribution >= 4 is 17.1 Å². The fourth-order valence-electron chi connectivity index (χ4n) is 0.468. The lowest BCUT2D eigenvalue weighted by atomic mass is 10.3. The Morgan fingerprint density at radius 3 is 3.11 bits per heavy atom. The summed E-state index contributed by atoms with van der Waals surface area (Å²) in [5.41, 5.74) is 0. The fourth-order valence-corrected chi connectivity index (χ4v) is 1.07. The molecule has 0 saturated carbocycles. The van der Waals surface area contributed by atoms with Gasteiger partial charge in [-0.25, -0.2) is 4.98 Å². The third-order valence-electron chi connectivity index (χ3n) is 0.898. The molecule has 1 aromatic heterocycles. The van der Waals surface area contributed by atoms with E-state index >= 15 is 0 Å². The second-order valence-corrected chi connectivity index (χ2v) is 2.40. The van der Waals surface area contributed by atoms with Crippen LogP contribution in [0.25, 0.3) is 0 Å². The lowest BCUT2D eigenvalue weighted by molar-refractivity contribution is 0.0994. The highest BCUT2D eigenvalue weighted by Gasteiger charge is 2.02. The molecule has 0 atom stereocenters. The van der Waals surface area contributed by atoms with Gasteiger partial charge < -0.3 is 0 Å². The maximum atomic E-state index is 10.8. The summed E-state index contributed by atoms with van der Waals surface area (Å²) in [5.74, 6) is 0.0185. The Hall–Kier alpha value is -0.700. The summed E-state index contributed by atoms with van der Waals surface area (Å²) in [4.78, 5) is 14.6. The average molecular weight is 140 g/mol. The molecule has 0 aliphatic rings. The molecule has 47 valence electrons. The normalized spacial score (nSPS) is 9.44. The zero-order valence-electron chi connectivity index (χ0n) is 4.83. The molecule has 0 aliphatic carbocycles. The van der Waals surface area contributed by atoms with Gasteiger partial charge in [-0.15, -0.1) is 11.3 Å². The number of nitrogens with zero attached hydrogens (tertiary/aromatic N) is 1. The number of rotatable bonds is 2. The van der Waals surface area contributed by atoms with Crippen LogP contribution in [0, 0.1) is 6.92 Å². The van der Waals surface area contributed by atoms with E-state index in [1.807, 2.05) is 0 Å². The molecule has 0 saturated heterocycles. The highest BCUT2D eigenvalue weighted by Crippen LogP contribution is 2.05. The Labute approximate surface area is 57.5 Å². The maximum absolute atomic E-state index is 10.8. The van der Waals surface area contributed by atoms with Gasteiger partial charge in [0.15, 0.2) is 10.8 Å². The summed E-state index contributed by atoms with van der Waals surface area (Å²) < 4.78 is 0. The third-order valence-corrected chi connectivity index (χ3v) is 1.71.